The van der Waals surface area contributed by atoms with Crippen molar-refractivity contribution >= 4 is 21.6 Å². The van der Waals surface area contributed by atoms with Crippen molar-refractivity contribution < 1.29 is 9.47 Å². The zero-order valence-corrected chi connectivity index (χ0v) is 14.7. The van der Waals surface area contributed by atoms with E-state index in [0.717, 1.165) is 0 Å². The molecule has 0 saturated carbocycles. The lowest BCUT2D eigenvalue weighted by molar-refractivity contribution is 0.0341. The average molecular weight is 295 g/mol. The Kier molecular flexibility index (Phi) is 9.84. The number of hydrogen-bond donors (Lipinski definition) is 0. The topological polar surface area (TPSA) is 18.5 Å². The Morgan fingerprint density at radius 3 is 1.00 bits per heavy atom. The zero-order valence-electron chi connectivity index (χ0n) is 13.1. The van der Waals surface area contributed by atoms with Gasteiger partial charge in [0, 0.05) is 0 Å². The van der Waals surface area contributed by atoms with Crippen LogP contribution in [-0.2, 0) is 9.47 Å². The van der Waals surface area contributed by atoms with Crippen molar-refractivity contribution in [2.24, 2.45) is 11.8 Å². The molecule has 2 unspecified atom stereocenters. The van der Waals surface area contributed by atoms with Crippen molar-refractivity contribution in [3.05, 3.63) is 0 Å². The van der Waals surface area contributed by atoms with E-state index in [-0.39, 0.29) is 23.1 Å². The molecule has 0 aromatic heterocycles. The van der Waals surface area contributed by atoms with Gasteiger partial charge in [0.15, 0.2) is 0 Å². The predicted molar refractivity (Wildman–Crippen MR) is 84.9 cm³/mol. The van der Waals surface area contributed by atoms with Gasteiger partial charge in [-0.25, -0.2) is 0 Å². The van der Waals surface area contributed by atoms with Gasteiger partial charge in [0.05, 0.1) is 12.2 Å². The van der Waals surface area contributed by atoms with E-state index < -0.39 is 0 Å². The van der Waals surface area contributed by atoms with Crippen LogP contribution < -0.4 is 0 Å². The van der Waals surface area contributed by atoms with Crippen LogP contribution in [0.5, 0.6) is 0 Å². The molecule has 0 bridgehead atoms. The SMILES string of the molecule is CC(C)OC(SSC(OC(C)C)C(C)C)C(C)C. The first-order valence-corrected chi connectivity index (χ1v) is 9.14. The lowest BCUT2D eigenvalue weighted by Gasteiger charge is -2.27. The lowest BCUT2D eigenvalue weighted by atomic mass is 10.2. The fourth-order valence-corrected chi connectivity index (χ4v) is 4.69. The second-order valence-electron chi connectivity index (χ2n) is 5.79. The number of rotatable bonds is 9. The van der Waals surface area contributed by atoms with E-state index in [4.69, 9.17) is 9.47 Å². The summed E-state index contributed by atoms with van der Waals surface area (Å²) in [6, 6.07) is 0. The van der Waals surface area contributed by atoms with E-state index in [1.165, 1.54) is 0 Å². The van der Waals surface area contributed by atoms with Crippen LogP contribution in [0.3, 0.4) is 0 Å². The summed E-state index contributed by atoms with van der Waals surface area (Å²) in [4.78, 5) is 0. The largest absolute Gasteiger partial charge is 0.364 e. The second kappa shape index (κ2) is 9.51. The van der Waals surface area contributed by atoms with Gasteiger partial charge in [-0.15, -0.1) is 0 Å². The molecule has 0 N–H and O–H groups in total. The molecule has 0 fully saturated rings. The van der Waals surface area contributed by atoms with E-state index in [0.29, 0.717) is 11.8 Å². The van der Waals surface area contributed by atoms with Crippen LogP contribution in [-0.4, -0.2) is 23.1 Å². The molecule has 0 aromatic carbocycles. The maximum atomic E-state index is 5.93. The summed E-state index contributed by atoms with van der Waals surface area (Å²) in [6.45, 7) is 17.2. The molecule has 0 aliphatic carbocycles. The van der Waals surface area contributed by atoms with Gasteiger partial charge in [-0.3, -0.25) is 0 Å². The van der Waals surface area contributed by atoms with Gasteiger partial charge >= 0.3 is 0 Å². The number of ether oxygens (including phenoxy) is 2. The van der Waals surface area contributed by atoms with Gasteiger partial charge in [0.25, 0.3) is 0 Å². The monoisotopic (exact) mass is 294 g/mol. The van der Waals surface area contributed by atoms with Crippen molar-refractivity contribution in [2.45, 2.75) is 78.5 Å². The van der Waals surface area contributed by atoms with E-state index in [1.54, 1.807) is 21.6 Å². The lowest BCUT2D eigenvalue weighted by Crippen LogP contribution is -2.23. The molecule has 0 aliphatic rings. The molecule has 0 radical (unpaired) electrons. The molecule has 0 heterocycles. The summed E-state index contributed by atoms with van der Waals surface area (Å²) in [6.07, 6.45) is 0.544. The van der Waals surface area contributed by atoms with E-state index in [1.807, 2.05) is 0 Å². The third-order valence-electron chi connectivity index (χ3n) is 2.15. The van der Waals surface area contributed by atoms with E-state index >= 15 is 0 Å². The highest BCUT2D eigenvalue weighted by Gasteiger charge is 2.22. The fourth-order valence-electron chi connectivity index (χ4n) is 1.23. The van der Waals surface area contributed by atoms with Crippen molar-refractivity contribution in [1.82, 2.24) is 0 Å². The zero-order chi connectivity index (χ0) is 14.3. The molecular formula is C14H30O2S2. The Labute approximate surface area is 121 Å². The van der Waals surface area contributed by atoms with Crippen molar-refractivity contribution in [3.8, 4) is 0 Å². The summed E-state index contributed by atoms with van der Waals surface area (Å²) < 4.78 is 11.9. The van der Waals surface area contributed by atoms with Crippen LogP contribution in [0.25, 0.3) is 0 Å². The third kappa shape index (κ3) is 8.68. The van der Waals surface area contributed by atoms with Crippen LogP contribution in [0.15, 0.2) is 0 Å². The van der Waals surface area contributed by atoms with Crippen molar-refractivity contribution in [2.75, 3.05) is 0 Å². The van der Waals surface area contributed by atoms with E-state index in [2.05, 4.69) is 55.4 Å². The molecule has 0 rings (SSSR count). The Bertz CT molecular complexity index is 184. The standard InChI is InChI=1S/C14H30O2S2/c1-9(2)13(15-11(5)6)17-18-14(10(3)4)16-12(7)8/h9-14H,1-8H3. The first-order chi connectivity index (χ1) is 8.23. The molecule has 4 heteroatoms. The summed E-state index contributed by atoms with van der Waals surface area (Å²) in [5, 5.41) is 0. The molecule has 2 atom stereocenters. The first-order valence-electron chi connectivity index (χ1n) is 6.87. The van der Waals surface area contributed by atoms with Gasteiger partial charge in [0.2, 0.25) is 0 Å². The van der Waals surface area contributed by atoms with Crippen molar-refractivity contribution in [3.63, 3.8) is 0 Å². The van der Waals surface area contributed by atoms with Crippen molar-refractivity contribution in [1.29, 1.82) is 0 Å². The molecule has 0 saturated heterocycles. The molecule has 0 aliphatic heterocycles. The molecular weight excluding hydrogens is 264 g/mol. The second-order valence-corrected chi connectivity index (χ2v) is 8.26. The highest BCUT2D eigenvalue weighted by atomic mass is 33.1. The normalized spacial score (nSPS) is 16.0. The highest BCUT2D eigenvalue weighted by Crippen LogP contribution is 2.39. The first kappa shape index (κ1) is 18.6. The summed E-state index contributed by atoms with van der Waals surface area (Å²) >= 11 is 0. The number of hydrogen-bond acceptors (Lipinski definition) is 4. The maximum absolute atomic E-state index is 5.93. The van der Waals surface area contributed by atoms with Gasteiger partial charge < -0.3 is 9.47 Å². The highest BCUT2D eigenvalue weighted by molar-refractivity contribution is 8.77. The Balaban J connectivity index is 4.28. The van der Waals surface area contributed by atoms with Crippen LogP contribution in [0.1, 0.15) is 55.4 Å². The summed E-state index contributed by atoms with van der Waals surface area (Å²) in [7, 11) is 3.61. The molecule has 2 nitrogen and oxygen atoms in total. The van der Waals surface area contributed by atoms with E-state index in [9.17, 15) is 0 Å². The molecule has 0 spiro atoms. The Morgan fingerprint density at radius 2 is 0.833 bits per heavy atom. The molecule has 18 heavy (non-hydrogen) atoms. The van der Waals surface area contributed by atoms with Gasteiger partial charge in [-0.05, 0) is 39.5 Å². The minimum absolute atomic E-state index is 0.229. The Morgan fingerprint density at radius 1 is 0.556 bits per heavy atom. The van der Waals surface area contributed by atoms with Crippen LogP contribution in [0, 0.1) is 11.8 Å². The summed E-state index contributed by atoms with van der Waals surface area (Å²) in [5.74, 6) is 1.02. The predicted octanol–water partition coefficient (Wildman–Crippen LogP) is 5.18. The third-order valence-corrected chi connectivity index (χ3v) is 5.42. The molecule has 110 valence electrons. The quantitative estimate of drug-likeness (QED) is 0.430. The van der Waals surface area contributed by atoms with Gasteiger partial charge in [-0.2, -0.15) is 0 Å². The van der Waals surface area contributed by atoms with Crippen LogP contribution in [0.4, 0.5) is 0 Å². The maximum Gasteiger partial charge on any atom is 0.115 e. The average Bonchev–Trinajstić information content (AvgIpc) is 2.20. The molecule has 0 amide bonds. The minimum atomic E-state index is 0.229. The van der Waals surface area contributed by atoms with Crippen LogP contribution in [0.2, 0.25) is 0 Å². The fraction of sp³-hybridized carbons (Fsp3) is 1.00. The smallest absolute Gasteiger partial charge is 0.115 e. The minimum Gasteiger partial charge on any atom is -0.364 e. The van der Waals surface area contributed by atoms with Crippen LogP contribution >= 0.6 is 21.6 Å². The molecule has 0 aromatic rings. The van der Waals surface area contributed by atoms with Gasteiger partial charge in [0.1, 0.15) is 10.9 Å². The summed E-state index contributed by atoms with van der Waals surface area (Å²) in [5.41, 5.74) is 0.457. The van der Waals surface area contributed by atoms with Gasteiger partial charge in [-0.1, -0.05) is 49.3 Å². The Hall–Kier alpha value is 0.620.